The number of nitrogens with one attached hydrogen (secondary N) is 1. The molecule has 1 aliphatic heterocycles. The van der Waals surface area contributed by atoms with Gasteiger partial charge in [0.05, 0.1) is 5.69 Å². The van der Waals surface area contributed by atoms with E-state index < -0.39 is 12.0 Å². The molecule has 2 atom stereocenters. The van der Waals surface area contributed by atoms with E-state index in [9.17, 15) is 18.0 Å². The maximum Gasteiger partial charge on any atom is 0.456 e. The van der Waals surface area contributed by atoms with Gasteiger partial charge in [-0.1, -0.05) is 6.92 Å². The van der Waals surface area contributed by atoms with E-state index in [1.54, 1.807) is 0 Å². The normalized spacial score (nSPS) is 25.0. The lowest BCUT2D eigenvalue weighted by Crippen LogP contribution is -2.32. The first kappa shape index (κ1) is 13.1. The molecule has 100 valence electrons. The lowest BCUT2D eigenvalue weighted by molar-refractivity contribution is -0.0888. The Kier molecular flexibility index (Phi) is 3.01. The summed E-state index contributed by atoms with van der Waals surface area (Å²) in [6, 6.07) is 1.35. The fourth-order valence-corrected chi connectivity index (χ4v) is 2.43. The summed E-state index contributed by atoms with van der Waals surface area (Å²) in [5.41, 5.74) is 1.17. The molecule has 1 aromatic rings. The van der Waals surface area contributed by atoms with Crippen LogP contribution in [0.1, 0.15) is 47.6 Å². The van der Waals surface area contributed by atoms with Crippen molar-refractivity contribution in [3.63, 3.8) is 0 Å². The van der Waals surface area contributed by atoms with Gasteiger partial charge in [0.1, 0.15) is 0 Å². The van der Waals surface area contributed by atoms with Crippen LogP contribution in [-0.2, 0) is 0 Å². The summed E-state index contributed by atoms with van der Waals surface area (Å²) >= 11 is 0. The maximum absolute atomic E-state index is 12.4. The van der Waals surface area contributed by atoms with Crippen LogP contribution >= 0.6 is 0 Å². The number of nitrogens with zero attached hydrogens (tertiary/aromatic N) is 1. The van der Waals surface area contributed by atoms with Gasteiger partial charge in [0, 0.05) is 24.2 Å². The lowest BCUT2D eigenvalue weighted by Gasteiger charge is -2.33. The van der Waals surface area contributed by atoms with Gasteiger partial charge in [0.25, 0.3) is 5.78 Å². The molecule has 18 heavy (non-hydrogen) atoms. The highest BCUT2D eigenvalue weighted by atomic mass is 19.4. The van der Waals surface area contributed by atoms with E-state index >= 15 is 0 Å². The number of Topliss-reactive ketones (excluding diaryl/α,β-unsaturated/α-hetero) is 1. The number of hydrogen-bond acceptors (Lipinski definition) is 2. The highest BCUT2D eigenvalue weighted by Gasteiger charge is 2.41. The molecular weight excluding hydrogens is 245 g/mol. The third-order valence-electron chi connectivity index (χ3n) is 3.55. The average molecular weight is 260 g/mol. The molecule has 0 amide bonds. The zero-order chi connectivity index (χ0) is 13.7. The predicted octanol–water partition coefficient (Wildman–Crippen LogP) is 2.87. The van der Waals surface area contributed by atoms with E-state index in [0.29, 0.717) is 0 Å². The second kappa shape index (κ2) is 4.12. The van der Waals surface area contributed by atoms with Crippen molar-refractivity contribution in [2.45, 2.75) is 32.0 Å². The Bertz CT molecular complexity index is 478. The minimum Gasteiger partial charge on any atom is -0.355 e. The largest absolute Gasteiger partial charge is 0.456 e. The molecule has 0 saturated heterocycles. The molecule has 2 rings (SSSR count). The van der Waals surface area contributed by atoms with Crippen LogP contribution < -0.4 is 0 Å². The second-order valence-corrected chi connectivity index (χ2v) is 4.90. The van der Waals surface area contributed by atoms with Gasteiger partial charge in [-0.3, -0.25) is 9.69 Å². The van der Waals surface area contributed by atoms with Crippen LogP contribution in [0.4, 0.5) is 13.2 Å². The molecule has 0 bridgehead atoms. The topological polar surface area (TPSA) is 36.1 Å². The molecule has 3 nitrogen and oxygen atoms in total. The van der Waals surface area contributed by atoms with Crippen molar-refractivity contribution >= 4 is 5.78 Å². The van der Waals surface area contributed by atoms with E-state index in [1.807, 2.05) is 20.9 Å². The number of fused-ring (bicyclic) bond motifs is 1. The van der Waals surface area contributed by atoms with Gasteiger partial charge in [0.15, 0.2) is 0 Å². The quantitative estimate of drug-likeness (QED) is 0.788. The molecule has 1 aliphatic rings. The van der Waals surface area contributed by atoms with Gasteiger partial charge >= 0.3 is 6.18 Å². The fourth-order valence-electron chi connectivity index (χ4n) is 2.43. The number of aromatic nitrogens is 1. The first-order chi connectivity index (χ1) is 8.21. The smallest absolute Gasteiger partial charge is 0.355 e. The van der Waals surface area contributed by atoms with E-state index in [2.05, 4.69) is 9.88 Å². The fraction of sp³-hybridized carbons (Fsp3) is 0.583. The van der Waals surface area contributed by atoms with E-state index in [0.717, 1.165) is 17.8 Å². The second-order valence-electron chi connectivity index (χ2n) is 4.90. The van der Waals surface area contributed by atoms with Crippen LogP contribution in [0.15, 0.2) is 6.07 Å². The van der Waals surface area contributed by atoms with Crippen molar-refractivity contribution in [1.29, 1.82) is 0 Å². The molecule has 1 aromatic heterocycles. The van der Waals surface area contributed by atoms with Gasteiger partial charge in [-0.05, 0) is 25.6 Å². The monoisotopic (exact) mass is 260 g/mol. The zero-order valence-electron chi connectivity index (χ0n) is 10.4. The summed E-state index contributed by atoms with van der Waals surface area (Å²) in [5, 5.41) is 0. The third kappa shape index (κ3) is 2.05. The van der Waals surface area contributed by atoms with Crippen LogP contribution in [0.5, 0.6) is 0 Å². The van der Waals surface area contributed by atoms with Gasteiger partial charge < -0.3 is 4.98 Å². The van der Waals surface area contributed by atoms with Crippen molar-refractivity contribution in [3.8, 4) is 0 Å². The Morgan fingerprint density at radius 1 is 1.44 bits per heavy atom. The molecule has 0 fully saturated rings. The first-order valence-electron chi connectivity index (χ1n) is 5.76. The predicted molar refractivity (Wildman–Crippen MR) is 60.6 cm³/mol. The highest BCUT2D eigenvalue weighted by molar-refractivity contribution is 5.99. The molecule has 0 saturated carbocycles. The summed E-state index contributed by atoms with van der Waals surface area (Å²) in [6.45, 7) is 4.61. The van der Waals surface area contributed by atoms with Gasteiger partial charge in [-0.2, -0.15) is 13.2 Å². The maximum atomic E-state index is 12.4. The lowest BCUT2D eigenvalue weighted by atomic mass is 9.93. The number of alkyl halides is 3. The van der Waals surface area contributed by atoms with E-state index in [1.165, 1.54) is 6.07 Å². The third-order valence-corrected chi connectivity index (χ3v) is 3.55. The van der Waals surface area contributed by atoms with Crippen molar-refractivity contribution in [2.24, 2.45) is 0 Å². The number of carbonyl (C=O) groups is 1. The number of carbonyl (C=O) groups excluding carboxylic acids is 1. The van der Waals surface area contributed by atoms with Gasteiger partial charge in [0.2, 0.25) is 0 Å². The van der Waals surface area contributed by atoms with Crippen molar-refractivity contribution in [1.82, 2.24) is 9.88 Å². The molecule has 0 aliphatic carbocycles. The van der Waals surface area contributed by atoms with Crippen LogP contribution in [0.25, 0.3) is 0 Å². The van der Waals surface area contributed by atoms with Gasteiger partial charge in [-0.25, -0.2) is 0 Å². The highest BCUT2D eigenvalue weighted by Crippen LogP contribution is 2.35. The molecular formula is C12H15F3N2O. The number of rotatable bonds is 1. The number of hydrogen-bond donors (Lipinski definition) is 1. The molecule has 0 aromatic carbocycles. The summed E-state index contributed by atoms with van der Waals surface area (Å²) in [6.07, 6.45) is -4.83. The summed E-state index contributed by atoms with van der Waals surface area (Å²) < 4.78 is 37.2. The molecule has 0 radical (unpaired) electrons. The Morgan fingerprint density at radius 3 is 2.61 bits per heavy atom. The molecule has 0 spiro atoms. The number of ketones is 1. The first-order valence-corrected chi connectivity index (χ1v) is 5.76. The van der Waals surface area contributed by atoms with E-state index in [-0.39, 0.29) is 17.7 Å². The SMILES string of the molecule is CC1CN(C)C(C)c2cc(C(=O)C(F)(F)F)[nH]c21. The van der Waals surface area contributed by atoms with Crippen LogP contribution in [0.2, 0.25) is 0 Å². The minimum atomic E-state index is -4.83. The van der Waals surface area contributed by atoms with Crippen molar-refractivity contribution < 1.29 is 18.0 Å². The van der Waals surface area contributed by atoms with Crippen LogP contribution in [-0.4, -0.2) is 35.4 Å². The van der Waals surface area contributed by atoms with Crippen LogP contribution in [0, 0.1) is 0 Å². The zero-order valence-corrected chi connectivity index (χ0v) is 10.4. The number of likely N-dealkylation sites (N-methyl/N-ethyl adjacent to an activating group) is 1. The average Bonchev–Trinajstić information content (AvgIpc) is 2.69. The molecule has 2 unspecified atom stereocenters. The molecule has 1 N–H and O–H groups in total. The Labute approximate surface area is 103 Å². The van der Waals surface area contributed by atoms with Crippen molar-refractivity contribution in [2.75, 3.05) is 13.6 Å². The molecule has 6 heteroatoms. The number of H-pyrrole nitrogens is 1. The Morgan fingerprint density at radius 2 is 2.06 bits per heavy atom. The van der Waals surface area contributed by atoms with Crippen LogP contribution in [0.3, 0.4) is 0 Å². The number of aromatic amines is 1. The van der Waals surface area contributed by atoms with Gasteiger partial charge in [-0.15, -0.1) is 0 Å². The summed E-state index contributed by atoms with van der Waals surface area (Å²) in [7, 11) is 1.92. The number of halogens is 3. The Hall–Kier alpha value is -1.30. The van der Waals surface area contributed by atoms with E-state index in [4.69, 9.17) is 0 Å². The minimum absolute atomic E-state index is 0.0160. The standard InChI is InChI=1S/C12H15F3N2O/c1-6-5-17(3)7(2)8-4-9(16-10(6)8)11(18)12(13,14)15/h4,6-7,16H,5H2,1-3H3. The Balaban J connectivity index is 2.42. The summed E-state index contributed by atoms with van der Waals surface area (Å²) in [5.74, 6) is -1.71. The van der Waals surface area contributed by atoms with Crippen molar-refractivity contribution in [3.05, 3.63) is 23.0 Å². The molecule has 2 heterocycles. The summed E-state index contributed by atoms with van der Waals surface area (Å²) in [4.78, 5) is 15.9.